The summed E-state index contributed by atoms with van der Waals surface area (Å²) in [4.78, 5) is 70.8. The highest BCUT2D eigenvalue weighted by atomic mass is 32.2. The summed E-state index contributed by atoms with van der Waals surface area (Å²) in [7, 11) is 0. The van der Waals surface area contributed by atoms with E-state index in [1.54, 1.807) is 0 Å². The van der Waals surface area contributed by atoms with Crippen molar-refractivity contribution in [2.75, 3.05) is 25.5 Å². The number of para-hydroxylation sites is 2. The van der Waals surface area contributed by atoms with Crippen molar-refractivity contribution in [2.45, 2.75) is 18.3 Å². The maximum Gasteiger partial charge on any atom is 0.352 e. The lowest BCUT2D eigenvalue weighted by Gasteiger charge is -2.49. The van der Waals surface area contributed by atoms with Gasteiger partial charge in [0, 0.05) is 24.3 Å². The molecule has 2 heterocycles. The molecule has 15 heteroatoms. The molecule has 3 amide bonds. The van der Waals surface area contributed by atoms with E-state index in [0.717, 1.165) is 4.90 Å². The molecule has 2 aliphatic rings. The molecule has 0 aliphatic carbocycles. The third kappa shape index (κ3) is 5.87. The maximum absolute atomic E-state index is 12.5. The van der Waals surface area contributed by atoms with Gasteiger partial charge in [0.25, 0.3) is 11.8 Å². The van der Waals surface area contributed by atoms with Crippen molar-refractivity contribution in [3.05, 3.63) is 45.6 Å². The van der Waals surface area contributed by atoms with Crippen molar-refractivity contribution in [2.24, 2.45) is 0 Å². The Labute approximate surface area is 201 Å². The van der Waals surface area contributed by atoms with E-state index < -0.39 is 59.2 Å². The number of nitro groups is 1. The topological polar surface area (TPSA) is 194 Å². The summed E-state index contributed by atoms with van der Waals surface area (Å²) in [5, 5.41) is 24.5. The van der Waals surface area contributed by atoms with Crippen LogP contribution in [0.5, 0.6) is 5.75 Å². The van der Waals surface area contributed by atoms with Crippen LogP contribution in [0.2, 0.25) is 0 Å². The second kappa shape index (κ2) is 10.9. The van der Waals surface area contributed by atoms with Gasteiger partial charge in [0.1, 0.15) is 23.7 Å². The van der Waals surface area contributed by atoms with Gasteiger partial charge in [-0.05, 0) is 6.07 Å². The smallest absolute Gasteiger partial charge is 0.352 e. The summed E-state index contributed by atoms with van der Waals surface area (Å²) in [5.74, 6) is -3.96. The van der Waals surface area contributed by atoms with Crippen LogP contribution in [0.25, 0.3) is 0 Å². The van der Waals surface area contributed by atoms with Crippen molar-refractivity contribution in [1.82, 2.24) is 15.5 Å². The van der Waals surface area contributed by atoms with Crippen LogP contribution in [-0.4, -0.2) is 81.5 Å². The van der Waals surface area contributed by atoms with E-state index in [1.807, 2.05) is 0 Å². The van der Waals surface area contributed by atoms with Gasteiger partial charge in [0.15, 0.2) is 12.4 Å². The lowest BCUT2D eigenvalue weighted by Crippen LogP contribution is -2.71. The highest BCUT2D eigenvalue weighted by Crippen LogP contribution is 2.40. The molecule has 0 aromatic heterocycles. The van der Waals surface area contributed by atoms with E-state index in [2.05, 4.69) is 10.6 Å². The highest BCUT2D eigenvalue weighted by molar-refractivity contribution is 8.00. The van der Waals surface area contributed by atoms with E-state index >= 15 is 0 Å². The molecule has 0 bridgehead atoms. The number of carboxylic acid groups (broad SMARTS) is 1. The molecule has 0 radical (unpaired) electrons. The van der Waals surface area contributed by atoms with E-state index in [-0.39, 0.29) is 35.1 Å². The number of aliphatic carboxylic acids is 1. The van der Waals surface area contributed by atoms with Crippen LogP contribution in [0.1, 0.15) is 6.92 Å². The average molecular weight is 508 g/mol. The standard InChI is InChI=1S/C20H20N4O10S/c1-10(25)33-7-11-9-35-19-16(18(28)23(19)17(11)20(29)30)22-14(26)6-21-15(27)8-34-13-5-3-2-4-12(13)24(31)32/h2-5,16,19H,6-9H2,1H3,(H,21,27)(H,22,26)(H,29,30)/t16-,19-/m1/s1. The van der Waals surface area contributed by atoms with Crippen LogP contribution in [0.4, 0.5) is 5.69 Å². The third-order valence-electron chi connectivity index (χ3n) is 4.88. The molecule has 1 fully saturated rings. The maximum atomic E-state index is 12.5. The van der Waals surface area contributed by atoms with Gasteiger partial charge >= 0.3 is 17.6 Å². The Kier molecular flexibility index (Phi) is 7.91. The van der Waals surface area contributed by atoms with Gasteiger partial charge in [-0.3, -0.25) is 34.2 Å². The molecular formula is C20H20N4O10S. The number of carbonyl (C=O) groups is 5. The molecule has 35 heavy (non-hydrogen) atoms. The number of hydrogen-bond donors (Lipinski definition) is 3. The van der Waals surface area contributed by atoms with Crippen molar-refractivity contribution in [3.63, 3.8) is 0 Å². The number of esters is 1. The number of amides is 3. The van der Waals surface area contributed by atoms with Crippen LogP contribution in [0.3, 0.4) is 0 Å². The first-order valence-corrected chi connectivity index (χ1v) is 11.1. The number of fused-ring (bicyclic) bond motifs is 1. The number of benzene rings is 1. The fourth-order valence-corrected chi connectivity index (χ4v) is 4.64. The minimum absolute atomic E-state index is 0.109. The van der Waals surface area contributed by atoms with Crippen LogP contribution < -0.4 is 15.4 Å². The molecule has 0 saturated carbocycles. The Morgan fingerprint density at radius 2 is 1.97 bits per heavy atom. The number of rotatable bonds is 10. The number of nitro benzene ring substituents is 1. The molecule has 186 valence electrons. The van der Waals surface area contributed by atoms with Crippen molar-refractivity contribution in [1.29, 1.82) is 0 Å². The summed E-state index contributed by atoms with van der Waals surface area (Å²) < 4.78 is 9.98. The molecule has 14 nitrogen and oxygen atoms in total. The monoisotopic (exact) mass is 508 g/mol. The minimum Gasteiger partial charge on any atom is -0.477 e. The third-order valence-corrected chi connectivity index (χ3v) is 6.22. The van der Waals surface area contributed by atoms with Crippen molar-refractivity contribution < 1.29 is 43.5 Å². The Morgan fingerprint density at radius 1 is 1.26 bits per heavy atom. The summed E-state index contributed by atoms with van der Waals surface area (Å²) in [6, 6.07) is 4.48. The molecule has 3 rings (SSSR count). The molecule has 1 aromatic rings. The molecule has 1 saturated heterocycles. The number of carboxylic acids is 1. The minimum atomic E-state index is -1.36. The number of hydrogen-bond acceptors (Lipinski definition) is 10. The van der Waals surface area contributed by atoms with Gasteiger partial charge in [0.2, 0.25) is 5.91 Å². The van der Waals surface area contributed by atoms with Crippen molar-refractivity contribution >= 4 is 47.1 Å². The summed E-state index contributed by atoms with van der Waals surface area (Å²) >= 11 is 1.20. The number of β-lactam (4-membered cyclic amide) rings is 1. The number of ether oxygens (including phenoxy) is 2. The van der Waals surface area contributed by atoms with Gasteiger partial charge < -0.3 is 25.2 Å². The number of thioether (sulfide) groups is 1. The van der Waals surface area contributed by atoms with Crippen LogP contribution >= 0.6 is 11.8 Å². The molecule has 0 unspecified atom stereocenters. The summed E-state index contributed by atoms with van der Waals surface area (Å²) in [6.45, 7) is -0.168. The summed E-state index contributed by atoms with van der Waals surface area (Å²) in [5.41, 5.74) is -0.342. The van der Waals surface area contributed by atoms with Gasteiger partial charge in [0.05, 0.1) is 11.5 Å². The second-order valence-electron chi connectivity index (χ2n) is 7.28. The van der Waals surface area contributed by atoms with Crippen LogP contribution in [-0.2, 0) is 28.7 Å². The second-order valence-corrected chi connectivity index (χ2v) is 8.39. The molecule has 2 aliphatic heterocycles. The molecule has 0 spiro atoms. The Hall–Kier alpha value is -4.14. The molecule has 1 aromatic carbocycles. The van der Waals surface area contributed by atoms with Gasteiger partial charge in [-0.2, -0.15) is 0 Å². The number of carbonyl (C=O) groups excluding carboxylic acids is 4. The van der Waals surface area contributed by atoms with E-state index in [1.165, 1.54) is 43.0 Å². The normalized spacial score (nSPS) is 18.7. The van der Waals surface area contributed by atoms with E-state index in [0.29, 0.717) is 0 Å². The molecule has 2 atom stereocenters. The lowest BCUT2D eigenvalue weighted by atomic mass is 10.0. The quantitative estimate of drug-likeness (QED) is 0.158. The largest absolute Gasteiger partial charge is 0.477 e. The molecule has 3 N–H and O–H groups in total. The van der Waals surface area contributed by atoms with Crippen molar-refractivity contribution in [3.8, 4) is 5.75 Å². The highest BCUT2D eigenvalue weighted by Gasteiger charge is 2.54. The predicted molar refractivity (Wildman–Crippen MR) is 118 cm³/mol. The fraction of sp³-hybridized carbons (Fsp3) is 0.350. The zero-order valence-electron chi connectivity index (χ0n) is 18.2. The zero-order valence-corrected chi connectivity index (χ0v) is 19.0. The lowest BCUT2D eigenvalue weighted by molar-refractivity contribution is -0.385. The fourth-order valence-electron chi connectivity index (χ4n) is 3.31. The number of nitrogens with one attached hydrogen (secondary N) is 2. The first kappa shape index (κ1) is 25.5. The van der Waals surface area contributed by atoms with Gasteiger partial charge in [-0.25, -0.2) is 4.79 Å². The zero-order chi connectivity index (χ0) is 25.7. The Bertz CT molecular complexity index is 1120. The Morgan fingerprint density at radius 3 is 2.63 bits per heavy atom. The van der Waals surface area contributed by atoms with Crippen LogP contribution in [0, 0.1) is 10.1 Å². The SMILES string of the molecule is CC(=O)OCC1=C(C(=O)O)N2C(=O)[C@@H](NC(=O)CNC(=O)COc3ccccc3[N+](=O)[O-])[C@H]2SC1. The van der Waals surface area contributed by atoms with E-state index in [9.17, 15) is 39.2 Å². The summed E-state index contributed by atoms with van der Waals surface area (Å²) in [6.07, 6.45) is 0. The van der Waals surface area contributed by atoms with Crippen LogP contribution in [0.15, 0.2) is 35.5 Å². The Balaban J connectivity index is 1.50. The van der Waals surface area contributed by atoms with E-state index in [4.69, 9.17) is 9.47 Å². The van der Waals surface area contributed by atoms with Gasteiger partial charge in [-0.15, -0.1) is 11.8 Å². The average Bonchev–Trinajstić information content (AvgIpc) is 2.82. The van der Waals surface area contributed by atoms with Gasteiger partial charge in [-0.1, -0.05) is 12.1 Å². The first-order chi connectivity index (χ1) is 16.6. The first-order valence-electron chi connectivity index (χ1n) is 10.1. The number of nitrogens with zero attached hydrogens (tertiary/aromatic N) is 2. The predicted octanol–water partition coefficient (Wildman–Crippen LogP) is -0.608. The molecular weight excluding hydrogens is 488 g/mol.